The molecule has 8 nitrogen and oxygen atoms in total. The van der Waals surface area contributed by atoms with E-state index in [1.165, 1.54) is 6.08 Å². The number of aromatic amines is 1. The van der Waals surface area contributed by atoms with Crippen molar-refractivity contribution in [2.24, 2.45) is 0 Å². The first kappa shape index (κ1) is 28.0. The van der Waals surface area contributed by atoms with Gasteiger partial charge in [-0.25, -0.2) is 0 Å². The molecule has 0 unspecified atom stereocenters. The summed E-state index contributed by atoms with van der Waals surface area (Å²) in [6.45, 7) is 7.93. The fourth-order valence-electron chi connectivity index (χ4n) is 4.17. The van der Waals surface area contributed by atoms with E-state index in [0.717, 1.165) is 67.0 Å². The molecule has 4 rings (SSSR count). The minimum Gasteiger partial charge on any atom is -0.494 e. The van der Waals surface area contributed by atoms with Gasteiger partial charge in [0.1, 0.15) is 5.75 Å². The number of likely N-dealkylation sites (N-methyl/N-ethyl adjacent to an activating group) is 1. The largest absolute Gasteiger partial charge is 0.494 e. The zero-order valence-corrected chi connectivity index (χ0v) is 22.3. The molecule has 1 aromatic carbocycles. The number of nitrogens with one attached hydrogen (secondary N) is 3. The lowest BCUT2D eigenvalue weighted by Crippen LogP contribution is -2.25. The number of carbonyl (C=O) groups excluding carboxylic acids is 2. The number of rotatable bonds is 9. The lowest BCUT2D eigenvalue weighted by Gasteiger charge is -2.14. The van der Waals surface area contributed by atoms with Gasteiger partial charge < -0.3 is 25.3 Å². The van der Waals surface area contributed by atoms with Crippen LogP contribution in [0.25, 0.3) is 11.3 Å². The van der Waals surface area contributed by atoms with Gasteiger partial charge in [0.2, 0.25) is 5.91 Å². The van der Waals surface area contributed by atoms with Crippen molar-refractivity contribution in [3.63, 3.8) is 0 Å². The molecule has 0 atom stereocenters. The Balaban J connectivity index is 0.000000356. The Labute approximate surface area is 223 Å². The van der Waals surface area contributed by atoms with Gasteiger partial charge in [-0.15, -0.1) is 0 Å². The summed E-state index contributed by atoms with van der Waals surface area (Å²) in [4.78, 5) is 32.2. The predicted molar refractivity (Wildman–Crippen MR) is 149 cm³/mol. The smallest absolute Gasteiger partial charge is 0.245 e. The summed E-state index contributed by atoms with van der Waals surface area (Å²) < 4.78 is 5.48. The molecule has 2 aromatic heterocycles. The SMILES string of the molecule is C=CC(=O)N1CCCC1.CNCCc1[nH]c(-c2ccncc2OC)c(Nc2cccc(Cl)c2C)c1C=O. The van der Waals surface area contributed by atoms with E-state index in [1.54, 1.807) is 19.5 Å². The zero-order valence-electron chi connectivity index (χ0n) is 21.6. The van der Waals surface area contributed by atoms with Gasteiger partial charge in [0.15, 0.2) is 6.29 Å². The minimum atomic E-state index is 0.0764. The van der Waals surface area contributed by atoms with Crippen LogP contribution in [0.1, 0.15) is 34.5 Å². The summed E-state index contributed by atoms with van der Waals surface area (Å²) in [5.74, 6) is 0.694. The monoisotopic (exact) mass is 523 g/mol. The first-order valence-corrected chi connectivity index (χ1v) is 12.6. The van der Waals surface area contributed by atoms with Crippen LogP contribution in [0.15, 0.2) is 49.3 Å². The molecule has 1 aliphatic rings. The number of hydrogen-bond acceptors (Lipinski definition) is 6. The molecule has 3 aromatic rings. The molecule has 0 saturated carbocycles. The quantitative estimate of drug-likeness (QED) is 0.265. The zero-order chi connectivity index (χ0) is 26.8. The van der Waals surface area contributed by atoms with Gasteiger partial charge in [-0.1, -0.05) is 24.2 Å². The van der Waals surface area contributed by atoms with Crippen LogP contribution in [0.4, 0.5) is 11.4 Å². The molecule has 196 valence electrons. The van der Waals surface area contributed by atoms with Crippen molar-refractivity contribution in [1.29, 1.82) is 0 Å². The Morgan fingerprint density at radius 1 is 1.30 bits per heavy atom. The molecule has 9 heteroatoms. The van der Waals surface area contributed by atoms with Crippen LogP contribution in [0, 0.1) is 6.92 Å². The first-order chi connectivity index (χ1) is 17.9. The molecule has 1 aliphatic heterocycles. The normalized spacial score (nSPS) is 12.5. The highest BCUT2D eigenvalue weighted by Crippen LogP contribution is 2.39. The molecule has 3 N–H and O–H groups in total. The van der Waals surface area contributed by atoms with Crippen LogP contribution >= 0.6 is 11.6 Å². The minimum absolute atomic E-state index is 0.0764. The number of aldehydes is 1. The molecule has 0 radical (unpaired) electrons. The number of nitrogens with zero attached hydrogens (tertiary/aromatic N) is 2. The number of methoxy groups -OCH3 is 1. The van der Waals surface area contributed by atoms with Crippen LogP contribution < -0.4 is 15.4 Å². The first-order valence-electron chi connectivity index (χ1n) is 12.2. The van der Waals surface area contributed by atoms with E-state index in [4.69, 9.17) is 16.3 Å². The van der Waals surface area contributed by atoms with Crippen molar-refractivity contribution in [2.45, 2.75) is 26.2 Å². The van der Waals surface area contributed by atoms with E-state index in [2.05, 4.69) is 27.2 Å². The van der Waals surface area contributed by atoms with E-state index < -0.39 is 0 Å². The van der Waals surface area contributed by atoms with Crippen LogP contribution in [-0.2, 0) is 11.2 Å². The molecule has 0 aliphatic carbocycles. The number of halogens is 1. The number of H-pyrrole nitrogens is 1. The molecule has 37 heavy (non-hydrogen) atoms. The lowest BCUT2D eigenvalue weighted by atomic mass is 10.1. The summed E-state index contributed by atoms with van der Waals surface area (Å²) >= 11 is 6.28. The number of ether oxygens (including phenoxy) is 1. The number of pyridine rings is 1. The average molecular weight is 524 g/mol. The summed E-state index contributed by atoms with van der Waals surface area (Å²) in [5, 5.41) is 7.18. The fourth-order valence-corrected chi connectivity index (χ4v) is 4.34. The van der Waals surface area contributed by atoms with Crippen molar-refractivity contribution < 1.29 is 14.3 Å². The Morgan fingerprint density at radius 2 is 2.05 bits per heavy atom. The fraction of sp³-hybridized carbons (Fsp3) is 0.321. The van der Waals surface area contributed by atoms with Crippen molar-refractivity contribution in [1.82, 2.24) is 20.2 Å². The maximum Gasteiger partial charge on any atom is 0.245 e. The highest BCUT2D eigenvalue weighted by molar-refractivity contribution is 6.31. The van der Waals surface area contributed by atoms with Crippen LogP contribution in [0.3, 0.4) is 0 Å². The number of benzene rings is 1. The molecule has 1 saturated heterocycles. The van der Waals surface area contributed by atoms with Crippen molar-refractivity contribution >= 4 is 35.2 Å². The lowest BCUT2D eigenvalue weighted by molar-refractivity contribution is -0.124. The van der Waals surface area contributed by atoms with E-state index in [0.29, 0.717) is 28.4 Å². The van der Waals surface area contributed by atoms with Crippen molar-refractivity contribution in [2.75, 3.05) is 39.1 Å². The van der Waals surface area contributed by atoms with Gasteiger partial charge in [0.25, 0.3) is 0 Å². The number of amides is 1. The molecule has 0 spiro atoms. The van der Waals surface area contributed by atoms with E-state index in [-0.39, 0.29) is 5.91 Å². The van der Waals surface area contributed by atoms with Crippen molar-refractivity contribution in [3.05, 3.63) is 71.2 Å². The van der Waals surface area contributed by atoms with Crippen LogP contribution in [-0.4, -0.2) is 60.9 Å². The van der Waals surface area contributed by atoms with Gasteiger partial charge in [0, 0.05) is 54.2 Å². The Bertz CT molecular complexity index is 1230. The molecular weight excluding hydrogens is 490 g/mol. The van der Waals surface area contributed by atoms with E-state index >= 15 is 0 Å². The highest BCUT2D eigenvalue weighted by Gasteiger charge is 2.21. The van der Waals surface area contributed by atoms with Gasteiger partial charge in [-0.3, -0.25) is 14.6 Å². The third kappa shape index (κ3) is 6.78. The van der Waals surface area contributed by atoms with E-state index in [1.807, 2.05) is 43.1 Å². The number of anilines is 2. The Hall–Kier alpha value is -3.62. The maximum absolute atomic E-state index is 12.0. The second-order valence-electron chi connectivity index (χ2n) is 8.59. The topological polar surface area (TPSA) is 99.3 Å². The third-order valence-electron chi connectivity index (χ3n) is 6.26. The molecule has 0 bridgehead atoms. The maximum atomic E-state index is 12.0. The average Bonchev–Trinajstić information content (AvgIpc) is 3.58. The number of hydrogen-bond donors (Lipinski definition) is 3. The van der Waals surface area contributed by atoms with Gasteiger partial charge >= 0.3 is 0 Å². The van der Waals surface area contributed by atoms with Gasteiger partial charge in [-0.05, 0) is 56.7 Å². The second kappa shape index (κ2) is 13.6. The summed E-state index contributed by atoms with van der Waals surface area (Å²) in [7, 11) is 3.48. The summed E-state index contributed by atoms with van der Waals surface area (Å²) in [6, 6.07) is 7.51. The van der Waals surface area contributed by atoms with Gasteiger partial charge in [0.05, 0.1) is 30.3 Å². The predicted octanol–water partition coefficient (Wildman–Crippen LogP) is 5.16. The van der Waals surface area contributed by atoms with Crippen LogP contribution in [0.5, 0.6) is 5.75 Å². The van der Waals surface area contributed by atoms with E-state index in [9.17, 15) is 9.59 Å². The summed E-state index contributed by atoms with van der Waals surface area (Å²) in [6.07, 6.45) is 8.59. The Kier molecular flexibility index (Phi) is 10.3. The molecule has 1 fully saturated rings. The van der Waals surface area contributed by atoms with Crippen molar-refractivity contribution in [3.8, 4) is 17.0 Å². The second-order valence-corrected chi connectivity index (χ2v) is 9.00. The highest BCUT2D eigenvalue weighted by atomic mass is 35.5. The molecule has 1 amide bonds. The number of likely N-dealkylation sites (tertiary alicyclic amines) is 1. The number of carbonyl (C=O) groups is 2. The van der Waals surface area contributed by atoms with Crippen LogP contribution in [0.2, 0.25) is 5.02 Å². The molecule has 3 heterocycles. The van der Waals surface area contributed by atoms with Gasteiger partial charge in [-0.2, -0.15) is 0 Å². The molecular formula is C28H34ClN5O3. The Morgan fingerprint density at radius 3 is 2.70 bits per heavy atom. The standard InChI is InChI=1S/C21H23ClN4O2.C7H11NO/c1-13-16(22)5-4-6-17(13)25-21-15(12-27)18(8-9-23-2)26-20(21)14-7-10-24-11-19(14)28-3;1-2-7(9)8-5-3-4-6-8/h4-7,10-12,23,25-26H,8-9H2,1-3H3;2H,1,3-6H2. The number of aromatic nitrogens is 2. The summed E-state index contributed by atoms with van der Waals surface area (Å²) in [5.41, 5.74) is 5.46. The third-order valence-corrected chi connectivity index (χ3v) is 6.67.